The van der Waals surface area contributed by atoms with Crippen molar-refractivity contribution in [3.05, 3.63) is 90.1 Å². The Hall–Kier alpha value is -2.83. The maximum Gasteiger partial charge on any atom is 0.156 e. The van der Waals surface area contributed by atoms with Crippen molar-refractivity contribution < 1.29 is 13.2 Å². The van der Waals surface area contributed by atoms with Gasteiger partial charge in [-0.05, 0) is 73.2 Å². The van der Waals surface area contributed by atoms with Gasteiger partial charge < -0.3 is 4.74 Å². The predicted octanol–water partition coefficient (Wildman–Crippen LogP) is 6.48. The van der Waals surface area contributed by atoms with E-state index in [-0.39, 0.29) is 0 Å². The Morgan fingerprint density at radius 2 is 1.76 bits per heavy atom. The van der Waals surface area contributed by atoms with Crippen LogP contribution in [0.25, 0.3) is 22.0 Å². The van der Waals surface area contributed by atoms with Crippen LogP contribution < -0.4 is 4.74 Å². The number of benzene rings is 3. The zero-order valence-electron chi connectivity index (χ0n) is 19.2. The summed E-state index contributed by atoms with van der Waals surface area (Å²) in [6, 6.07) is 23.9. The number of thioether (sulfide) groups is 1. The molecule has 1 aromatic heterocycles. The smallest absolute Gasteiger partial charge is 0.156 e. The van der Waals surface area contributed by atoms with Crippen molar-refractivity contribution in [2.45, 2.75) is 30.1 Å². The molecular weight excluding hydrogens is 450 g/mol. The minimum atomic E-state index is -3.32. The van der Waals surface area contributed by atoms with Gasteiger partial charge in [-0.15, -0.1) is 11.8 Å². The second-order valence-electron chi connectivity index (χ2n) is 8.52. The van der Waals surface area contributed by atoms with Gasteiger partial charge in [0, 0.05) is 28.3 Å². The first-order valence-corrected chi connectivity index (χ1v) is 13.8. The average Bonchev–Trinajstić information content (AvgIpc) is 2.81. The summed E-state index contributed by atoms with van der Waals surface area (Å²) in [5, 5.41) is 0.914. The van der Waals surface area contributed by atoms with E-state index in [0.717, 1.165) is 43.8 Å². The number of sulfone groups is 1. The summed E-state index contributed by atoms with van der Waals surface area (Å²) < 4.78 is 30.1. The molecule has 33 heavy (non-hydrogen) atoms. The molecule has 0 atom stereocenters. The fraction of sp³-hybridized carbons (Fsp3) is 0.222. The van der Waals surface area contributed by atoms with Crippen molar-refractivity contribution in [1.82, 2.24) is 4.98 Å². The highest BCUT2D eigenvalue weighted by Gasteiger charge is 2.33. The lowest BCUT2D eigenvalue weighted by atomic mass is 9.93. The third kappa shape index (κ3) is 4.77. The Morgan fingerprint density at radius 3 is 2.52 bits per heavy atom. The quantitative estimate of drug-likeness (QED) is 0.285. The summed E-state index contributed by atoms with van der Waals surface area (Å²) in [6.45, 7) is 3.93. The van der Waals surface area contributed by atoms with Crippen molar-refractivity contribution in [2.75, 3.05) is 12.5 Å². The van der Waals surface area contributed by atoms with E-state index in [2.05, 4.69) is 11.1 Å². The molecule has 0 aliphatic heterocycles. The summed E-state index contributed by atoms with van der Waals surface area (Å²) >= 11 is 1.66. The monoisotopic (exact) mass is 477 g/mol. The van der Waals surface area contributed by atoms with E-state index in [0.29, 0.717) is 6.61 Å². The van der Waals surface area contributed by atoms with Crippen LogP contribution in [0.2, 0.25) is 0 Å². The molecule has 0 N–H and O–H groups in total. The van der Waals surface area contributed by atoms with Gasteiger partial charge in [0.05, 0.1) is 10.3 Å². The average molecular weight is 478 g/mol. The molecule has 3 aromatic carbocycles. The summed E-state index contributed by atoms with van der Waals surface area (Å²) in [5.41, 5.74) is 4.50. The van der Waals surface area contributed by atoms with Crippen LogP contribution in [0.5, 0.6) is 5.75 Å². The lowest BCUT2D eigenvalue weighted by molar-refractivity contribution is 0.299. The van der Waals surface area contributed by atoms with Gasteiger partial charge in [-0.3, -0.25) is 4.98 Å². The third-order valence-electron chi connectivity index (χ3n) is 6.03. The first kappa shape index (κ1) is 23.3. The van der Waals surface area contributed by atoms with Gasteiger partial charge in [-0.1, -0.05) is 36.4 Å². The molecule has 0 saturated carbocycles. The summed E-state index contributed by atoms with van der Waals surface area (Å²) in [5.74, 6) is 0.861. The number of para-hydroxylation sites is 1. The van der Waals surface area contributed by atoms with Crippen LogP contribution in [0.15, 0.2) is 83.9 Å². The standard InChI is InChI=1S/C27H27NO3S2/c1-27(2,33(4,29)30)22-16-21-11-8-14-28-26(21)23(17-22)20-10-7-9-19(15-20)18-31-24-12-5-6-13-25(24)32-3/h5-17H,18H2,1-4H3. The van der Waals surface area contributed by atoms with Crippen LogP contribution in [0.4, 0.5) is 0 Å². The maximum atomic E-state index is 12.5. The molecule has 0 spiro atoms. The van der Waals surface area contributed by atoms with Gasteiger partial charge in [-0.25, -0.2) is 8.42 Å². The minimum absolute atomic E-state index is 0.436. The first-order chi connectivity index (χ1) is 15.7. The zero-order chi connectivity index (χ0) is 23.6. The number of pyridine rings is 1. The zero-order valence-corrected chi connectivity index (χ0v) is 20.8. The summed E-state index contributed by atoms with van der Waals surface area (Å²) in [7, 11) is -3.32. The molecule has 0 aliphatic carbocycles. The van der Waals surface area contributed by atoms with Crippen LogP contribution in [0, 0.1) is 0 Å². The molecule has 1 heterocycles. The van der Waals surface area contributed by atoms with Gasteiger partial charge in [0.25, 0.3) is 0 Å². The summed E-state index contributed by atoms with van der Waals surface area (Å²) in [6.07, 6.45) is 5.08. The number of fused-ring (bicyclic) bond motifs is 1. The number of aromatic nitrogens is 1. The number of ether oxygens (including phenoxy) is 1. The van der Waals surface area contributed by atoms with Crippen molar-refractivity contribution in [3.63, 3.8) is 0 Å². The molecule has 170 valence electrons. The van der Waals surface area contributed by atoms with Crippen molar-refractivity contribution >= 4 is 32.5 Å². The van der Waals surface area contributed by atoms with Crippen LogP contribution >= 0.6 is 11.8 Å². The van der Waals surface area contributed by atoms with Gasteiger partial charge in [0.15, 0.2) is 9.84 Å². The van der Waals surface area contributed by atoms with Crippen LogP contribution in [-0.2, 0) is 21.2 Å². The molecule has 0 amide bonds. The normalized spacial score (nSPS) is 12.1. The summed E-state index contributed by atoms with van der Waals surface area (Å²) in [4.78, 5) is 5.70. The number of rotatable bonds is 7. The van der Waals surface area contributed by atoms with Crippen molar-refractivity contribution in [1.29, 1.82) is 0 Å². The highest BCUT2D eigenvalue weighted by Crippen LogP contribution is 2.36. The van der Waals surface area contributed by atoms with Crippen molar-refractivity contribution in [3.8, 4) is 16.9 Å². The molecule has 4 aromatic rings. The Morgan fingerprint density at radius 1 is 0.970 bits per heavy atom. The molecule has 6 heteroatoms. The Labute approximate surface area is 199 Å². The van der Waals surface area contributed by atoms with E-state index in [1.807, 2.05) is 73.0 Å². The second-order valence-corrected chi connectivity index (χ2v) is 11.9. The number of hydrogen-bond acceptors (Lipinski definition) is 5. The molecule has 0 aliphatic rings. The molecular formula is C27H27NO3S2. The van der Waals surface area contributed by atoms with Crippen LogP contribution in [-0.4, -0.2) is 25.9 Å². The van der Waals surface area contributed by atoms with Crippen LogP contribution in [0.1, 0.15) is 25.0 Å². The molecule has 0 radical (unpaired) electrons. The molecule has 4 rings (SSSR count). The van der Waals surface area contributed by atoms with Gasteiger partial charge in [0.2, 0.25) is 0 Å². The largest absolute Gasteiger partial charge is 0.488 e. The lowest BCUT2D eigenvalue weighted by Crippen LogP contribution is -2.28. The van der Waals surface area contributed by atoms with Crippen LogP contribution in [0.3, 0.4) is 0 Å². The minimum Gasteiger partial charge on any atom is -0.488 e. The molecule has 0 fully saturated rings. The highest BCUT2D eigenvalue weighted by molar-refractivity contribution is 7.98. The van der Waals surface area contributed by atoms with E-state index >= 15 is 0 Å². The van der Waals surface area contributed by atoms with E-state index in [4.69, 9.17) is 4.74 Å². The van der Waals surface area contributed by atoms with E-state index < -0.39 is 14.6 Å². The van der Waals surface area contributed by atoms with Gasteiger partial charge in [-0.2, -0.15) is 0 Å². The maximum absolute atomic E-state index is 12.5. The molecule has 4 nitrogen and oxygen atoms in total. The fourth-order valence-corrected chi connectivity index (χ4v) is 4.79. The van der Waals surface area contributed by atoms with Gasteiger partial charge >= 0.3 is 0 Å². The van der Waals surface area contributed by atoms with E-state index in [1.54, 1.807) is 31.8 Å². The molecule has 0 bridgehead atoms. The SMILES string of the molecule is CSc1ccccc1OCc1cccc(-c2cc(C(C)(C)S(C)(=O)=O)cc3cccnc23)c1. The number of nitrogens with zero attached hydrogens (tertiary/aromatic N) is 1. The van der Waals surface area contributed by atoms with Gasteiger partial charge in [0.1, 0.15) is 12.4 Å². The van der Waals surface area contributed by atoms with E-state index in [1.165, 1.54) is 6.26 Å². The Bertz CT molecular complexity index is 1410. The predicted molar refractivity (Wildman–Crippen MR) is 138 cm³/mol. The molecule has 0 saturated heterocycles. The second kappa shape index (κ2) is 9.20. The Balaban J connectivity index is 1.76. The topological polar surface area (TPSA) is 56.3 Å². The first-order valence-electron chi connectivity index (χ1n) is 10.6. The lowest BCUT2D eigenvalue weighted by Gasteiger charge is -2.24. The Kier molecular flexibility index (Phi) is 6.50. The number of hydrogen-bond donors (Lipinski definition) is 0. The highest BCUT2D eigenvalue weighted by atomic mass is 32.2. The van der Waals surface area contributed by atoms with Crippen molar-refractivity contribution in [2.24, 2.45) is 0 Å². The van der Waals surface area contributed by atoms with E-state index in [9.17, 15) is 8.42 Å². The third-order valence-corrected chi connectivity index (χ3v) is 8.90. The molecule has 0 unspecified atom stereocenters. The fourth-order valence-electron chi connectivity index (χ4n) is 3.70.